The molecule has 2 aromatic rings. The average molecular weight is 352 g/mol. The highest BCUT2D eigenvalue weighted by Crippen LogP contribution is 2.16. The Hall–Kier alpha value is -1.69. The van der Waals surface area contributed by atoms with Gasteiger partial charge in [0.1, 0.15) is 0 Å². The van der Waals surface area contributed by atoms with Crippen LogP contribution in [0.4, 0.5) is 0 Å². The molecule has 0 radical (unpaired) electrons. The van der Waals surface area contributed by atoms with E-state index >= 15 is 0 Å². The van der Waals surface area contributed by atoms with E-state index in [2.05, 4.69) is 5.32 Å². The summed E-state index contributed by atoms with van der Waals surface area (Å²) in [4.78, 5) is 12.2. The molecule has 2 aromatic carbocycles. The molecule has 0 aromatic heterocycles. The molecule has 0 aliphatic carbocycles. The predicted octanol–water partition coefficient (Wildman–Crippen LogP) is 2.68. The number of hydrogen-bond acceptors (Lipinski definition) is 3. The highest BCUT2D eigenvalue weighted by atomic mass is 35.5. The second-order valence-corrected chi connectivity index (χ2v) is 7.07. The van der Waals surface area contributed by atoms with E-state index in [0.717, 1.165) is 5.56 Å². The van der Waals surface area contributed by atoms with Crippen molar-refractivity contribution in [1.29, 1.82) is 0 Å². The normalized spacial score (nSPS) is 13.3. The van der Waals surface area contributed by atoms with E-state index in [9.17, 15) is 14.1 Å². The van der Waals surface area contributed by atoms with E-state index in [1.54, 1.807) is 48.7 Å². The van der Waals surface area contributed by atoms with Gasteiger partial charge in [-0.15, -0.1) is 0 Å². The van der Waals surface area contributed by atoms with Crippen molar-refractivity contribution in [3.05, 3.63) is 70.2 Å². The van der Waals surface area contributed by atoms with Crippen molar-refractivity contribution in [3.63, 3.8) is 0 Å². The predicted molar refractivity (Wildman–Crippen MR) is 93.0 cm³/mol. The van der Waals surface area contributed by atoms with E-state index in [4.69, 9.17) is 11.6 Å². The lowest BCUT2D eigenvalue weighted by molar-refractivity contribution is 0.0916. The number of carbonyl (C=O) groups excluding carboxylic acids is 1. The molecule has 1 amide bonds. The highest BCUT2D eigenvalue weighted by molar-refractivity contribution is 7.83. The van der Waals surface area contributed by atoms with E-state index < -0.39 is 16.9 Å². The highest BCUT2D eigenvalue weighted by Gasteiger charge is 2.11. The third kappa shape index (κ3) is 5.46. The fraction of sp³-hybridized carbons (Fsp3) is 0.235. The van der Waals surface area contributed by atoms with Crippen molar-refractivity contribution >= 4 is 28.3 Å². The van der Waals surface area contributed by atoms with Crippen LogP contribution in [0.25, 0.3) is 0 Å². The Kier molecular flexibility index (Phi) is 6.33. The molecule has 2 atom stereocenters. The number of aliphatic hydroxyl groups is 1. The van der Waals surface area contributed by atoms with Crippen molar-refractivity contribution in [1.82, 2.24) is 5.32 Å². The first-order chi connectivity index (χ1) is 11.0. The average Bonchev–Trinajstić information content (AvgIpc) is 2.52. The van der Waals surface area contributed by atoms with Gasteiger partial charge in [0.25, 0.3) is 5.91 Å². The van der Waals surface area contributed by atoms with Crippen molar-refractivity contribution in [2.45, 2.75) is 11.9 Å². The van der Waals surface area contributed by atoms with Crippen LogP contribution in [0.1, 0.15) is 27.6 Å². The van der Waals surface area contributed by atoms with Crippen molar-refractivity contribution < 1.29 is 14.1 Å². The molecule has 23 heavy (non-hydrogen) atoms. The number of hydrogen-bond donors (Lipinski definition) is 2. The van der Waals surface area contributed by atoms with Crippen LogP contribution in [-0.4, -0.2) is 28.0 Å². The van der Waals surface area contributed by atoms with Gasteiger partial charge in [-0.1, -0.05) is 35.9 Å². The molecule has 0 fully saturated rings. The monoisotopic (exact) mass is 351 g/mol. The lowest BCUT2D eigenvalue weighted by Gasteiger charge is -2.13. The van der Waals surface area contributed by atoms with Gasteiger partial charge in [-0.2, -0.15) is 0 Å². The summed E-state index contributed by atoms with van der Waals surface area (Å²) in [5.74, 6) is 0.135. The second-order valence-electron chi connectivity index (χ2n) is 5.20. The Bertz CT molecular complexity index is 703. The summed E-state index contributed by atoms with van der Waals surface area (Å²) in [5.41, 5.74) is 2.01. The lowest BCUT2D eigenvalue weighted by Crippen LogP contribution is -2.28. The number of benzene rings is 2. The minimum Gasteiger partial charge on any atom is -0.387 e. The van der Waals surface area contributed by atoms with Gasteiger partial charge < -0.3 is 10.4 Å². The maximum atomic E-state index is 12.2. The van der Waals surface area contributed by atoms with E-state index in [0.29, 0.717) is 21.9 Å². The minimum absolute atomic E-state index is 0.102. The Morgan fingerprint density at radius 2 is 1.96 bits per heavy atom. The van der Waals surface area contributed by atoms with Crippen LogP contribution in [0.5, 0.6) is 0 Å². The zero-order valence-electron chi connectivity index (χ0n) is 12.7. The molecule has 2 rings (SSSR count). The number of aliphatic hydroxyl groups excluding tert-OH is 1. The summed E-state index contributed by atoms with van der Waals surface area (Å²) in [7, 11) is -0.959. The summed E-state index contributed by atoms with van der Waals surface area (Å²) in [6, 6.07) is 13.8. The Labute approximate surface area is 142 Å². The molecule has 6 heteroatoms. The number of nitrogens with one attached hydrogen (secondary N) is 1. The molecular formula is C17H18ClNO3S. The van der Waals surface area contributed by atoms with Gasteiger partial charge in [0.15, 0.2) is 0 Å². The fourth-order valence-electron chi connectivity index (χ4n) is 2.13. The van der Waals surface area contributed by atoms with Crippen LogP contribution in [0, 0.1) is 0 Å². The summed E-state index contributed by atoms with van der Waals surface area (Å²) in [5, 5.41) is 13.4. The zero-order chi connectivity index (χ0) is 16.8. The van der Waals surface area contributed by atoms with Crippen LogP contribution < -0.4 is 5.32 Å². The van der Waals surface area contributed by atoms with E-state index in [-0.39, 0.29) is 12.5 Å². The number of amides is 1. The molecule has 0 saturated carbocycles. The van der Waals surface area contributed by atoms with Crippen LogP contribution in [0.2, 0.25) is 5.02 Å². The second kappa shape index (κ2) is 8.24. The van der Waals surface area contributed by atoms with Gasteiger partial charge in [0.2, 0.25) is 0 Å². The van der Waals surface area contributed by atoms with E-state index in [1.807, 2.05) is 6.07 Å². The molecule has 0 unspecified atom stereocenters. The smallest absolute Gasteiger partial charge is 0.251 e. The van der Waals surface area contributed by atoms with Crippen LogP contribution in [-0.2, 0) is 16.6 Å². The van der Waals surface area contributed by atoms with Gasteiger partial charge in [0.05, 0.1) is 6.10 Å². The molecule has 0 saturated heterocycles. The molecular weight excluding hydrogens is 334 g/mol. The van der Waals surface area contributed by atoms with Gasteiger partial charge >= 0.3 is 0 Å². The largest absolute Gasteiger partial charge is 0.387 e. The standard InChI is InChI=1S/C17H18ClNO3S/c1-23(22)11-12-3-2-4-14(9-12)17(21)19-10-16(20)13-5-7-15(18)8-6-13/h2-9,16,20H,10-11H2,1H3,(H,19,21)/t16-,23-/m0/s1. The molecule has 0 aliphatic heterocycles. The SMILES string of the molecule is C[S@](=O)Cc1cccc(C(=O)NC[C@H](O)c2ccc(Cl)cc2)c1. The van der Waals surface area contributed by atoms with Crippen molar-refractivity contribution in [2.75, 3.05) is 12.8 Å². The molecule has 0 spiro atoms. The Balaban J connectivity index is 1.96. The first kappa shape index (κ1) is 17.7. The Morgan fingerprint density at radius 3 is 2.61 bits per heavy atom. The topological polar surface area (TPSA) is 66.4 Å². The lowest BCUT2D eigenvalue weighted by atomic mass is 10.1. The van der Waals surface area contributed by atoms with Crippen LogP contribution in [0.3, 0.4) is 0 Å². The fourth-order valence-corrected chi connectivity index (χ4v) is 2.91. The van der Waals surface area contributed by atoms with Crippen molar-refractivity contribution in [2.24, 2.45) is 0 Å². The third-order valence-corrected chi connectivity index (χ3v) is 4.26. The van der Waals surface area contributed by atoms with Gasteiger partial charge in [-0.3, -0.25) is 9.00 Å². The van der Waals surface area contributed by atoms with E-state index in [1.165, 1.54) is 0 Å². The maximum Gasteiger partial charge on any atom is 0.251 e. The first-order valence-electron chi connectivity index (χ1n) is 7.06. The van der Waals surface area contributed by atoms with Crippen LogP contribution >= 0.6 is 11.6 Å². The maximum absolute atomic E-state index is 12.2. The number of halogens is 1. The number of rotatable bonds is 6. The summed E-state index contributed by atoms with van der Waals surface area (Å²) in [6.45, 7) is 0.102. The van der Waals surface area contributed by atoms with Gasteiger partial charge in [-0.05, 0) is 35.4 Å². The van der Waals surface area contributed by atoms with Crippen molar-refractivity contribution in [3.8, 4) is 0 Å². The molecule has 122 valence electrons. The Morgan fingerprint density at radius 1 is 1.26 bits per heavy atom. The third-order valence-electron chi connectivity index (χ3n) is 3.27. The minimum atomic E-state index is -0.959. The summed E-state index contributed by atoms with van der Waals surface area (Å²) >= 11 is 5.80. The van der Waals surface area contributed by atoms with Crippen LogP contribution in [0.15, 0.2) is 48.5 Å². The molecule has 0 heterocycles. The van der Waals surface area contributed by atoms with Gasteiger partial charge in [-0.25, -0.2) is 0 Å². The first-order valence-corrected chi connectivity index (χ1v) is 9.17. The van der Waals surface area contributed by atoms with Gasteiger partial charge in [0, 0.05) is 39.9 Å². The summed E-state index contributed by atoms with van der Waals surface area (Å²) in [6.07, 6.45) is 0.817. The quantitative estimate of drug-likeness (QED) is 0.840. The zero-order valence-corrected chi connectivity index (χ0v) is 14.2. The molecule has 0 aliphatic rings. The number of carbonyl (C=O) groups is 1. The summed E-state index contributed by atoms with van der Waals surface area (Å²) < 4.78 is 11.3. The molecule has 4 nitrogen and oxygen atoms in total. The molecule has 2 N–H and O–H groups in total. The molecule has 0 bridgehead atoms.